The van der Waals surface area contributed by atoms with Crippen molar-refractivity contribution in [1.82, 2.24) is 35.5 Å². The van der Waals surface area contributed by atoms with Crippen molar-refractivity contribution in [2.75, 3.05) is 6.54 Å². The smallest absolute Gasteiger partial charge is 0.272 e. The molecule has 1 saturated carbocycles. The molecule has 28 heavy (non-hydrogen) atoms. The number of aryl methyl sites for hydroxylation is 1. The Labute approximate surface area is 159 Å². The Hall–Kier alpha value is -3.30. The van der Waals surface area contributed by atoms with E-state index in [9.17, 15) is 9.59 Å². The molecule has 3 atom stereocenters. The number of carbonyl (C=O) groups excluding carboxylic acids is 2. The number of hydrogen-bond donors (Lipinski definition) is 2. The molecule has 1 saturated heterocycles. The fraction of sp³-hybridized carbons (Fsp3) is 0.444. The van der Waals surface area contributed by atoms with E-state index in [1.807, 2.05) is 11.0 Å². The van der Waals surface area contributed by atoms with Gasteiger partial charge in [0.2, 0.25) is 11.8 Å². The second-order valence-corrected chi connectivity index (χ2v) is 7.40. The van der Waals surface area contributed by atoms with Crippen LogP contribution in [0.1, 0.15) is 35.0 Å². The topological polar surface area (TPSA) is 130 Å². The van der Waals surface area contributed by atoms with Gasteiger partial charge >= 0.3 is 0 Å². The van der Waals surface area contributed by atoms with E-state index in [-0.39, 0.29) is 36.2 Å². The predicted octanol–water partition coefficient (Wildman–Crippen LogP) is 0.611. The van der Waals surface area contributed by atoms with Gasteiger partial charge in [0.05, 0.1) is 5.39 Å². The first-order valence-electron chi connectivity index (χ1n) is 9.27. The third-order valence-electron chi connectivity index (χ3n) is 5.57. The van der Waals surface area contributed by atoms with Crippen molar-refractivity contribution in [3.05, 3.63) is 35.7 Å². The molecule has 2 amide bonds. The molecule has 2 aliphatic rings. The zero-order valence-corrected chi connectivity index (χ0v) is 15.3. The van der Waals surface area contributed by atoms with Crippen LogP contribution in [-0.2, 0) is 11.2 Å². The average molecular weight is 381 g/mol. The molecule has 4 heterocycles. The summed E-state index contributed by atoms with van der Waals surface area (Å²) in [7, 11) is 0. The molecule has 2 bridgehead atoms. The SMILES string of the molecule is Cc1noc(CC(=O)N[C@H]2C[C@@H]3C[C@@H]2CN3C(=O)c2[nH]nc3ncccc23)n1. The third kappa shape index (κ3) is 2.81. The summed E-state index contributed by atoms with van der Waals surface area (Å²) in [6.07, 6.45) is 3.36. The molecule has 0 radical (unpaired) electrons. The number of aromatic nitrogens is 5. The predicted molar refractivity (Wildman–Crippen MR) is 96.1 cm³/mol. The van der Waals surface area contributed by atoms with E-state index < -0.39 is 0 Å². The summed E-state index contributed by atoms with van der Waals surface area (Å²) in [5, 5.41) is 14.4. The minimum Gasteiger partial charge on any atom is -0.352 e. The summed E-state index contributed by atoms with van der Waals surface area (Å²) in [4.78, 5) is 35.4. The van der Waals surface area contributed by atoms with E-state index in [1.54, 1.807) is 19.2 Å². The summed E-state index contributed by atoms with van der Waals surface area (Å²) in [6.45, 7) is 2.33. The number of nitrogens with zero attached hydrogens (tertiary/aromatic N) is 5. The lowest BCUT2D eigenvalue weighted by Gasteiger charge is -2.31. The van der Waals surface area contributed by atoms with Crippen molar-refractivity contribution in [2.24, 2.45) is 5.92 Å². The molecule has 10 heteroatoms. The van der Waals surface area contributed by atoms with Crippen LogP contribution in [0.4, 0.5) is 0 Å². The molecule has 2 fully saturated rings. The Kier molecular flexibility index (Phi) is 3.85. The van der Waals surface area contributed by atoms with E-state index in [0.717, 1.165) is 18.2 Å². The van der Waals surface area contributed by atoms with Crippen molar-refractivity contribution < 1.29 is 14.1 Å². The highest BCUT2D eigenvalue weighted by atomic mass is 16.5. The van der Waals surface area contributed by atoms with E-state index in [0.29, 0.717) is 29.6 Å². The van der Waals surface area contributed by atoms with Gasteiger partial charge in [-0.1, -0.05) is 5.16 Å². The van der Waals surface area contributed by atoms with Crippen LogP contribution in [0.3, 0.4) is 0 Å². The van der Waals surface area contributed by atoms with Gasteiger partial charge < -0.3 is 14.7 Å². The molecule has 144 valence electrons. The standard InChI is InChI=1S/C18H19N7O3/c1-9-20-15(28-24-9)7-14(26)21-13-6-11-5-10(13)8-25(11)18(27)16-12-3-2-4-19-17(12)23-22-16/h2-4,10-11,13H,5-8H2,1H3,(H,21,26)(H,19,22,23)/t10-,11+,13+/m1/s1. The Morgan fingerprint density at radius 3 is 3.04 bits per heavy atom. The van der Waals surface area contributed by atoms with Gasteiger partial charge in [0, 0.05) is 24.8 Å². The molecule has 3 aromatic rings. The molecule has 2 N–H and O–H groups in total. The first kappa shape index (κ1) is 16.8. The number of fused-ring (bicyclic) bond motifs is 3. The lowest BCUT2D eigenvalue weighted by atomic mass is 10.0. The molecule has 1 aliphatic carbocycles. The fourth-order valence-corrected chi connectivity index (χ4v) is 4.34. The monoisotopic (exact) mass is 381 g/mol. The Bertz CT molecular complexity index is 1060. The highest BCUT2D eigenvalue weighted by molar-refractivity contribution is 6.04. The number of hydrogen-bond acceptors (Lipinski definition) is 7. The molecule has 3 aromatic heterocycles. The number of likely N-dealkylation sites (tertiary alicyclic amines) is 1. The quantitative estimate of drug-likeness (QED) is 0.677. The summed E-state index contributed by atoms with van der Waals surface area (Å²) in [5.41, 5.74) is 1.01. The molecule has 0 aromatic carbocycles. The van der Waals surface area contributed by atoms with Gasteiger partial charge in [-0.05, 0) is 37.8 Å². The largest absolute Gasteiger partial charge is 0.352 e. The first-order chi connectivity index (χ1) is 13.6. The minimum absolute atomic E-state index is 0.0609. The van der Waals surface area contributed by atoms with Crippen LogP contribution in [0.5, 0.6) is 0 Å². The number of rotatable bonds is 4. The number of piperidine rings is 1. The number of pyridine rings is 1. The summed E-state index contributed by atoms with van der Waals surface area (Å²) < 4.78 is 5.00. The van der Waals surface area contributed by atoms with E-state index in [4.69, 9.17) is 4.52 Å². The van der Waals surface area contributed by atoms with Crippen LogP contribution in [-0.4, -0.2) is 60.7 Å². The van der Waals surface area contributed by atoms with Crippen LogP contribution in [0, 0.1) is 12.8 Å². The first-order valence-corrected chi connectivity index (χ1v) is 9.27. The number of amides is 2. The van der Waals surface area contributed by atoms with Crippen LogP contribution in [0.25, 0.3) is 11.0 Å². The number of carbonyl (C=O) groups is 2. The van der Waals surface area contributed by atoms with Crippen molar-refractivity contribution in [3.63, 3.8) is 0 Å². The van der Waals surface area contributed by atoms with E-state index in [2.05, 4.69) is 30.6 Å². The van der Waals surface area contributed by atoms with E-state index in [1.165, 1.54) is 0 Å². The Morgan fingerprint density at radius 2 is 2.29 bits per heavy atom. The average Bonchev–Trinajstić information content (AvgIpc) is 3.44. The second-order valence-electron chi connectivity index (χ2n) is 7.40. The van der Waals surface area contributed by atoms with Gasteiger partial charge in [0.1, 0.15) is 12.1 Å². The molecule has 1 aliphatic heterocycles. The van der Waals surface area contributed by atoms with Gasteiger partial charge in [-0.3, -0.25) is 14.7 Å². The number of aromatic amines is 1. The number of H-pyrrole nitrogens is 1. The molecule has 10 nitrogen and oxygen atoms in total. The molecule has 0 unspecified atom stereocenters. The van der Waals surface area contributed by atoms with Crippen LogP contribution >= 0.6 is 0 Å². The van der Waals surface area contributed by atoms with Gasteiger partial charge in [0.25, 0.3) is 5.91 Å². The van der Waals surface area contributed by atoms with Crippen LogP contribution in [0.15, 0.2) is 22.9 Å². The maximum atomic E-state index is 13.0. The van der Waals surface area contributed by atoms with Crippen molar-refractivity contribution in [1.29, 1.82) is 0 Å². The van der Waals surface area contributed by atoms with Crippen molar-refractivity contribution >= 4 is 22.8 Å². The molecule has 0 spiro atoms. The van der Waals surface area contributed by atoms with Gasteiger partial charge in [-0.2, -0.15) is 10.1 Å². The van der Waals surface area contributed by atoms with Gasteiger partial charge in [-0.25, -0.2) is 4.98 Å². The lowest BCUT2D eigenvalue weighted by Crippen LogP contribution is -2.48. The Balaban J connectivity index is 1.23. The normalized spacial score (nSPS) is 23.5. The zero-order valence-electron chi connectivity index (χ0n) is 15.3. The van der Waals surface area contributed by atoms with Crippen LogP contribution < -0.4 is 5.32 Å². The minimum atomic E-state index is -0.135. The molecular weight excluding hydrogens is 362 g/mol. The van der Waals surface area contributed by atoms with Crippen molar-refractivity contribution in [3.8, 4) is 0 Å². The van der Waals surface area contributed by atoms with Crippen LogP contribution in [0.2, 0.25) is 0 Å². The highest BCUT2D eigenvalue weighted by Gasteiger charge is 2.47. The molecule has 5 rings (SSSR count). The second kappa shape index (κ2) is 6.39. The van der Waals surface area contributed by atoms with Gasteiger partial charge in [-0.15, -0.1) is 0 Å². The van der Waals surface area contributed by atoms with Gasteiger partial charge in [0.15, 0.2) is 11.5 Å². The fourth-order valence-electron chi connectivity index (χ4n) is 4.34. The maximum Gasteiger partial charge on any atom is 0.272 e. The zero-order chi connectivity index (χ0) is 19.3. The lowest BCUT2D eigenvalue weighted by molar-refractivity contribution is -0.121. The summed E-state index contributed by atoms with van der Waals surface area (Å²) in [6, 6.07) is 3.81. The maximum absolute atomic E-state index is 13.0. The summed E-state index contributed by atoms with van der Waals surface area (Å²) in [5.74, 6) is 0.876. The van der Waals surface area contributed by atoms with E-state index >= 15 is 0 Å². The number of nitrogens with one attached hydrogen (secondary N) is 2. The van der Waals surface area contributed by atoms with Crippen molar-refractivity contribution in [2.45, 2.75) is 38.3 Å². The third-order valence-corrected chi connectivity index (χ3v) is 5.57. The molecular formula is C18H19N7O3. The highest BCUT2D eigenvalue weighted by Crippen LogP contribution is 2.38. The Morgan fingerprint density at radius 1 is 1.39 bits per heavy atom. The summed E-state index contributed by atoms with van der Waals surface area (Å²) >= 11 is 0.